The van der Waals surface area contributed by atoms with Gasteiger partial charge in [-0.05, 0) is 32.8 Å². The summed E-state index contributed by atoms with van der Waals surface area (Å²) < 4.78 is 0. The highest BCUT2D eigenvalue weighted by atomic mass is 15.2. The first-order chi connectivity index (χ1) is 9.17. The number of aryl methyl sites for hydroxylation is 1. The minimum absolute atomic E-state index is 0.805. The van der Waals surface area contributed by atoms with Crippen LogP contribution < -0.4 is 15.8 Å². The van der Waals surface area contributed by atoms with E-state index in [0.29, 0.717) is 0 Å². The molecule has 2 heterocycles. The zero-order valence-electron chi connectivity index (χ0n) is 12.0. The maximum atomic E-state index is 4.21. The van der Waals surface area contributed by atoms with Gasteiger partial charge in [0.25, 0.3) is 0 Å². The van der Waals surface area contributed by atoms with Gasteiger partial charge in [0.15, 0.2) is 5.82 Å². The summed E-state index contributed by atoms with van der Waals surface area (Å²) in [7, 11) is 1.87. The number of nitrogens with zero attached hydrogens (tertiary/aromatic N) is 3. The van der Waals surface area contributed by atoms with Crippen molar-refractivity contribution in [2.75, 3.05) is 25.5 Å². The highest BCUT2D eigenvalue weighted by Crippen LogP contribution is 2.13. The Bertz CT molecular complexity index is 583. The molecule has 2 rings (SSSR count). The van der Waals surface area contributed by atoms with Crippen LogP contribution in [-0.2, 0) is 0 Å². The van der Waals surface area contributed by atoms with Crippen molar-refractivity contribution in [2.24, 2.45) is 0 Å². The van der Waals surface area contributed by atoms with Crippen LogP contribution >= 0.6 is 0 Å². The van der Waals surface area contributed by atoms with Gasteiger partial charge in [0.05, 0.1) is 5.69 Å². The number of anilines is 1. The first-order valence-corrected chi connectivity index (χ1v) is 6.80. The summed E-state index contributed by atoms with van der Waals surface area (Å²) in [5.74, 6) is 0.805. The van der Waals surface area contributed by atoms with Crippen molar-refractivity contribution < 1.29 is 0 Å². The van der Waals surface area contributed by atoms with Gasteiger partial charge in [0.1, 0.15) is 0 Å². The van der Waals surface area contributed by atoms with Gasteiger partial charge >= 0.3 is 0 Å². The Balaban J connectivity index is 2.53. The number of allylic oxidation sites excluding steroid dienone is 1. The SMILES string of the molecule is C=C(/C=c1/c(NC)nnc(C)/c1=C/C)N1CCCC1. The number of nitrogens with one attached hydrogen (secondary N) is 1. The van der Waals surface area contributed by atoms with E-state index in [1.165, 1.54) is 12.8 Å². The van der Waals surface area contributed by atoms with Crippen LogP contribution in [0, 0.1) is 6.92 Å². The monoisotopic (exact) mass is 258 g/mol. The number of aromatic nitrogens is 2. The molecule has 1 aromatic heterocycles. The van der Waals surface area contributed by atoms with E-state index in [2.05, 4.69) is 39.1 Å². The molecule has 1 aliphatic rings. The van der Waals surface area contributed by atoms with E-state index < -0.39 is 0 Å². The lowest BCUT2D eigenvalue weighted by Crippen LogP contribution is -2.33. The lowest BCUT2D eigenvalue weighted by molar-refractivity contribution is 0.448. The van der Waals surface area contributed by atoms with E-state index in [4.69, 9.17) is 0 Å². The Kier molecular flexibility index (Phi) is 4.20. The average Bonchev–Trinajstić information content (AvgIpc) is 2.93. The quantitative estimate of drug-likeness (QED) is 0.879. The van der Waals surface area contributed by atoms with E-state index in [0.717, 1.165) is 40.7 Å². The Morgan fingerprint density at radius 2 is 1.95 bits per heavy atom. The molecule has 1 N–H and O–H groups in total. The highest BCUT2D eigenvalue weighted by Gasteiger charge is 2.12. The second kappa shape index (κ2) is 5.87. The summed E-state index contributed by atoms with van der Waals surface area (Å²) in [5, 5.41) is 13.7. The van der Waals surface area contributed by atoms with Gasteiger partial charge in [-0.3, -0.25) is 0 Å². The molecule has 1 saturated heterocycles. The van der Waals surface area contributed by atoms with Crippen molar-refractivity contribution in [1.82, 2.24) is 15.1 Å². The maximum Gasteiger partial charge on any atom is 0.156 e. The molecule has 0 aromatic carbocycles. The van der Waals surface area contributed by atoms with E-state index in [-0.39, 0.29) is 0 Å². The molecule has 0 unspecified atom stereocenters. The van der Waals surface area contributed by atoms with Crippen LogP contribution in [0.25, 0.3) is 12.2 Å². The van der Waals surface area contributed by atoms with Gasteiger partial charge < -0.3 is 10.2 Å². The highest BCUT2D eigenvalue weighted by molar-refractivity contribution is 5.53. The Labute approximate surface area is 114 Å². The lowest BCUT2D eigenvalue weighted by Gasteiger charge is -2.17. The Hall–Kier alpha value is -1.84. The van der Waals surface area contributed by atoms with E-state index in [1.54, 1.807) is 0 Å². The number of hydrogen-bond acceptors (Lipinski definition) is 4. The van der Waals surface area contributed by atoms with E-state index in [9.17, 15) is 0 Å². The molecule has 0 atom stereocenters. The second-order valence-corrected chi connectivity index (χ2v) is 4.83. The topological polar surface area (TPSA) is 41.1 Å². The second-order valence-electron chi connectivity index (χ2n) is 4.83. The summed E-state index contributed by atoms with van der Waals surface area (Å²) in [5.41, 5.74) is 2.01. The summed E-state index contributed by atoms with van der Waals surface area (Å²) in [6.07, 6.45) is 6.71. The van der Waals surface area contributed by atoms with Gasteiger partial charge in [-0.2, -0.15) is 5.10 Å². The zero-order valence-corrected chi connectivity index (χ0v) is 12.0. The molecule has 19 heavy (non-hydrogen) atoms. The van der Waals surface area contributed by atoms with Crippen LogP contribution in [0.1, 0.15) is 25.5 Å². The summed E-state index contributed by atoms with van der Waals surface area (Å²) in [4.78, 5) is 2.33. The van der Waals surface area contributed by atoms with Gasteiger partial charge in [-0.25, -0.2) is 0 Å². The van der Waals surface area contributed by atoms with Crippen LogP contribution in [0.3, 0.4) is 0 Å². The van der Waals surface area contributed by atoms with Crippen molar-refractivity contribution in [3.8, 4) is 0 Å². The molecule has 0 aliphatic carbocycles. The van der Waals surface area contributed by atoms with Crippen LogP contribution in [0.5, 0.6) is 0 Å². The van der Waals surface area contributed by atoms with Crippen molar-refractivity contribution in [3.63, 3.8) is 0 Å². The molecule has 1 fully saturated rings. The minimum atomic E-state index is 0.805. The minimum Gasteiger partial charge on any atom is -0.372 e. The molecule has 1 aliphatic heterocycles. The number of likely N-dealkylation sites (tertiary alicyclic amines) is 1. The van der Waals surface area contributed by atoms with Gasteiger partial charge in [-0.15, -0.1) is 5.10 Å². The Morgan fingerprint density at radius 3 is 2.53 bits per heavy atom. The third kappa shape index (κ3) is 2.78. The molecular weight excluding hydrogens is 236 g/mol. The van der Waals surface area contributed by atoms with Crippen LogP contribution in [0.4, 0.5) is 5.82 Å². The molecular formula is C15H22N4. The van der Waals surface area contributed by atoms with Gasteiger partial charge in [-0.1, -0.05) is 12.7 Å². The third-order valence-electron chi connectivity index (χ3n) is 3.58. The summed E-state index contributed by atoms with van der Waals surface area (Å²) in [6.45, 7) is 10.4. The Morgan fingerprint density at radius 1 is 1.26 bits per heavy atom. The van der Waals surface area contributed by atoms with Crippen molar-refractivity contribution in [2.45, 2.75) is 26.7 Å². The molecule has 102 valence electrons. The molecule has 4 heteroatoms. The fourth-order valence-electron chi connectivity index (χ4n) is 2.51. The largest absolute Gasteiger partial charge is 0.372 e. The molecule has 0 saturated carbocycles. The fourth-order valence-corrected chi connectivity index (χ4v) is 2.51. The maximum absolute atomic E-state index is 4.21. The summed E-state index contributed by atoms with van der Waals surface area (Å²) >= 11 is 0. The predicted octanol–water partition coefficient (Wildman–Crippen LogP) is 1.02. The number of rotatable bonds is 3. The predicted molar refractivity (Wildman–Crippen MR) is 80.1 cm³/mol. The fraction of sp³-hybridized carbons (Fsp3) is 0.467. The molecule has 1 aromatic rings. The third-order valence-corrected chi connectivity index (χ3v) is 3.58. The van der Waals surface area contributed by atoms with Crippen LogP contribution in [0.15, 0.2) is 12.3 Å². The molecule has 0 radical (unpaired) electrons. The van der Waals surface area contributed by atoms with Crippen molar-refractivity contribution in [1.29, 1.82) is 0 Å². The lowest BCUT2D eigenvalue weighted by atomic mass is 10.2. The zero-order chi connectivity index (χ0) is 13.8. The van der Waals surface area contributed by atoms with Crippen molar-refractivity contribution in [3.05, 3.63) is 28.4 Å². The molecule has 0 amide bonds. The number of hydrogen-bond donors (Lipinski definition) is 1. The van der Waals surface area contributed by atoms with E-state index >= 15 is 0 Å². The molecule has 4 nitrogen and oxygen atoms in total. The standard InChI is InChI=1S/C15H22N4/c1-5-13-12(3)17-18-15(16-4)14(13)10-11(2)19-8-6-7-9-19/h5,10H,2,6-9H2,1,3-4H3,(H,16,18)/b13-5-,14-10+. The van der Waals surface area contributed by atoms with E-state index in [1.807, 2.05) is 20.9 Å². The molecule has 0 bridgehead atoms. The normalized spacial score (nSPS) is 17.1. The summed E-state index contributed by atoms with van der Waals surface area (Å²) in [6, 6.07) is 0. The van der Waals surface area contributed by atoms with Crippen LogP contribution in [-0.4, -0.2) is 35.2 Å². The van der Waals surface area contributed by atoms with Gasteiger partial charge in [0, 0.05) is 36.3 Å². The molecule has 0 spiro atoms. The average molecular weight is 258 g/mol. The van der Waals surface area contributed by atoms with Gasteiger partial charge in [0.2, 0.25) is 0 Å². The first kappa shape index (κ1) is 13.6. The van der Waals surface area contributed by atoms with Crippen molar-refractivity contribution >= 4 is 18.0 Å². The first-order valence-electron chi connectivity index (χ1n) is 6.80. The van der Waals surface area contributed by atoms with Crippen LogP contribution in [0.2, 0.25) is 0 Å². The smallest absolute Gasteiger partial charge is 0.156 e.